The van der Waals surface area contributed by atoms with Crippen molar-refractivity contribution in [3.05, 3.63) is 59.8 Å². The zero-order chi connectivity index (χ0) is 21.3. The zero-order valence-electron chi connectivity index (χ0n) is 16.8. The first kappa shape index (κ1) is 20.4. The van der Waals surface area contributed by atoms with Crippen molar-refractivity contribution in [3.63, 3.8) is 0 Å². The van der Waals surface area contributed by atoms with Crippen LogP contribution in [0.2, 0.25) is 0 Å². The van der Waals surface area contributed by atoms with Crippen LogP contribution in [0.4, 0.5) is 5.82 Å². The second-order valence-corrected chi connectivity index (χ2v) is 10.3. The van der Waals surface area contributed by atoms with E-state index >= 15 is 0 Å². The Kier molecular flexibility index (Phi) is 5.48. The molecule has 2 aromatic rings. The molecule has 0 saturated carbocycles. The van der Waals surface area contributed by atoms with E-state index in [-0.39, 0.29) is 18.0 Å². The first-order chi connectivity index (χ1) is 14.4. The molecule has 1 aromatic carbocycles. The number of benzene rings is 1. The van der Waals surface area contributed by atoms with Gasteiger partial charge in [-0.1, -0.05) is 30.3 Å². The zero-order valence-corrected chi connectivity index (χ0v) is 17.6. The molecule has 30 heavy (non-hydrogen) atoms. The molecular formula is C22H24N4O3S. The minimum Gasteiger partial charge on any atom is -0.347 e. The van der Waals surface area contributed by atoms with Crippen LogP contribution in [0.1, 0.15) is 36.1 Å². The Morgan fingerprint density at radius 3 is 2.40 bits per heavy atom. The molecule has 0 aliphatic carbocycles. The summed E-state index contributed by atoms with van der Waals surface area (Å²) in [6.07, 6.45) is 3.43. The molecule has 0 spiro atoms. The maximum absolute atomic E-state index is 12.9. The molecule has 2 aliphatic rings. The fourth-order valence-electron chi connectivity index (χ4n) is 4.41. The maximum atomic E-state index is 12.9. The van der Waals surface area contributed by atoms with E-state index in [1.54, 1.807) is 48.4 Å². The molecule has 2 bridgehead atoms. The normalized spacial score (nSPS) is 21.9. The number of fused-ring (bicyclic) bond motifs is 2. The van der Waals surface area contributed by atoms with Gasteiger partial charge in [0.1, 0.15) is 17.6 Å². The third-order valence-corrected chi connectivity index (χ3v) is 8.11. The Morgan fingerprint density at radius 2 is 1.83 bits per heavy atom. The summed E-state index contributed by atoms with van der Waals surface area (Å²) in [6.45, 7) is 2.62. The number of piperazine rings is 1. The Hall–Kier alpha value is -2.92. The van der Waals surface area contributed by atoms with E-state index in [1.165, 1.54) is 0 Å². The number of carbonyl (C=O) groups is 1. The monoisotopic (exact) mass is 424 g/mol. The molecule has 0 N–H and O–H groups in total. The van der Waals surface area contributed by atoms with Gasteiger partial charge in [-0.2, -0.15) is 5.26 Å². The minimum absolute atomic E-state index is 0.113. The van der Waals surface area contributed by atoms with Crippen LogP contribution < -0.4 is 4.90 Å². The number of rotatable bonds is 5. The van der Waals surface area contributed by atoms with Gasteiger partial charge in [0.15, 0.2) is 9.84 Å². The van der Waals surface area contributed by atoms with E-state index in [2.05, 4.69) is 16.0 Å². The standard InChI is InChI=1S/C22H24N4O3S/c1-16(18-5-3-2-4-6-18)30(28,29)15-22(27)25-13-19-8-9-20(14-25)26(19)21-10-7-17(11-23)12-24-21/h2-7,10,12,16,19-20H,8-9,13-15H2,1H3/t16?,19-,20?/m0/s1. The highest BCUT2D eigenvalue weighted by molar-refractivity contribution is 7.92. The number of sulfone groups is 1. The molecule has 3 heterocycles. The SMILES string of the molecule is CC(c1ccccc1)S(=O)(=O)CC(=O)N1CC2CC[C@@H](C1)N2c1ccc(C#N)cn1. The van der Waals surface area contributed by atoms with Crippen molar-refractivity contribution < 1.29 is 13.2 Å². The number of pyridine rings is 1. The van der Waals surface area contributed by atoms with Crippen molar-refractivity contribution in [1.82, 2.24) is 9.88 Å². The second-order valence-electron chi connectivity index (χ2n) is 7.97. The van der Waals surface area contributed by atoms with Crippen LogP contribution in [0.15, 0.2) is 48.7 Å². The quantitative estimate of drug-likeness (QED) is 0.731. The Labute approximate surface area is 176 Å². The lowest BCUT2D eigenvalue weighted by Crippen LogP contribution is -2.56. The van der Waals surface area contributed by atoms with E-state index in [4.69, 9.17) is 5.26 Å². The second kappa shape index (κ2) is 8.07. The molecule has 0 radical (unpaired) electrons. The number of carbonyl (C=O) groups excluding carboxylic acids is 1. The Morgan fingerprint density at radius 1 is 1.17 bits per heavy atom. The van der Waals surface area contributed by atoms with Crippen LogP contribution in [0.3, 0.4) is 0 Å². The molecule has 2 saturated heterocycles. The van der Waals surface area contributed by atoms with Gasteiger partial charge in [0, 0.05) is 31.4 Å². The third-order valence-electron chi connectivity index (χ3n) is 6.11. The van der Waals surface area contributed by atoms with Crippen molar-refractivity contribution in [2.75, 3.05) is 23.7 Å². The van der Waals surface area contributed by atoms with E-state index in [9.17, 15) is 13.2 Å². The van der Waals surface area contributed by atoms with Gasteiger partial charge in [-0.05, 0) is 37.5 Å². The van der Waals surface area contributed by atoms with E-state index in [1.807, 2.05) is 12.1 Å². The number of hydrogen-bond acceptors (Lipinski definition) is 6. The fraction of sp³-hybridized carbons (Fsp3) is 0.409. The first-order valence-corrected chi connectivity index (χ1v) is 11.8. The molecule has 1 aromatic heterocycles. The van der Waals surface area contributed by atoms with Gasteiger partial charge in [0.2, 0.25) is 5.91 Å². The molecule has 3 atom stereocenters. The lowest BCUT2D eigenvalue weighted by atomic mass is 10.1. The summed E-state index contributed by atoms with van der Waals surface area (Å²) in [6, 6.07) is 14.9. The molecule has 7 nitrogen and oxygen atoms in total. The van der Waals surface area contributed by atoms with Gasteiger partial charge >= 0.3 is 0 Å². The smallest absolute Gasteiger partial charge is 0.237 e. The summed E-state index contributed by atoms with van der Waals surface area (Å²) in [5.74, 6) is -0.00140. The van der Waals surface area contributed by atoms with Crippen LogP contribution in [0, 0.1) is 11.3 Å². The predicted octanol–water partition coefficient (Wildman–Crippen LogP) is 2.31. The third kappa shape index (κ3) is 3.90. The summed E-state index contributed by atoms with van der Waals surface area (Å²) in [7, 11) is -3.60. The number of amides is 1. The van der Waals surface area contributed by atoms with Gasteiger partial charge in [-0.15, -0.1) is 0 Å². The maximum Gasteiger partial charge on any atom is 0.237 e. The molecule has 2 unspecified atom stereocenters. The largest absolute Gasteiger partial charge is 0.347 e. The summed E-state index contributed by atoms with van der Waals surface area (Å²) in [5, 5.41) is 8.24. The predicted molar refractivity (Wildman–Crippen MR) is 113 cm³/mol. The van der Waals surface area contributed by atoms with Crippen LogP contribution in [-0.2, 0) is 14.6 Å². The molecule has 4 rings (SSSR count). The van der Waals surface area contributed by atoms with Gasteiger partial charge in [0.25, 0.3) is 0 Å². The average Bonchev–Trinajstić information content (AvgIpc) is 3.02. The Balaban J connectivity index is 1.44. The molecule has 2 fully saturated rings. The van der Waals surface area contributed by atoms with Crippen molar-refractivity contribution >= 4 is 21.6 Å². The summed E-state index contributed by atoms with van der Waals surface area (Å²) >= 11 is 0. The van der Waals surface area contributed by atoms with Crippen LogP contribution in [0.25, 0.3) is 0 Å². The minimum atomic E-state index is -3.60. The van der Waals surface area contributed by atoms with Gasteiger partial charge in [0.05, 0.1) is 10.8 Å². The summed E-state index contributed by atoms with van der Waals surface area (Å²) in [4.78, 5) is 21.2. The number of nitrogens with zero attached hydrogens (tertiary/aromatic N) is 4. The molecule has 156 valence electrons. The van der Waals surface area contributed by atoms with Crippen molar-refractivity contribution in [2.24, 2.45) is 0 Å². The fourth-order valence-corrected chi connectivity index (χ4v) is 5.75. The van der Waals surface area contributed by atoms with E-state index in [0.717, 1.165) is 18.7 Å². The molecule has 2 aliphatic heterocycles. The van der Waals surface area contributed by atoms with Crippen LogP contribution in [-0.4, -0.2) is 55.1 Å². The van der Waals surface area contributed by atoms with E-state index in [0.29, 0.717) is 24.2 Å². The number of anilines is 1. The average molecular weight is 425 g/mol. The highest BCUT2D eigenvalue weighted by atomic mass is 32.2. The molecular weight excluding hydrogens is 400 g/mol. The van der Waals surface area contributed by atoms with Crippen molar-refractivity contribution in [1.29, 1.82) is 5.26 Å². The topological polar surface area (TPSA) is 94.4 Å². The van der Waals surface area contributed by atoms with E-state index < -0.39 is 20.8 Å². The highest BCUT2D eigenvalue weighted by Crippen LogP contribution is 2.34. The summed E-state index contributed by atoms with van der Waals surface area (Å²) in [5.41, 5.74) is 1.21. The van der Waals surface area contributed by atoms with Crippen molar-refractivity contribution in [2.45, 2.75) is 37.1 Å². The number of hydrogen-bond donors (Lipinski definition) is 0. The van der Waals surface area contributed by atoms with Crippen molar-refractivity contribution in [3.8, 4) is 6.07 Å². The lowest BCUT2D eigenvalue weighted by Gasteiger charge is -2.41. The summed E-state index contributed by atoms with van der Waals surface area (Å²) < 4.78 is 25.6. The number of nitriles is 1. The van der Waals surface area contributed by atoms with Gasteiger partial charge < -0.3 is 9.80 Å². The van der Waals surface area contributed by atoms with Gasteiger partial charge in [-0.25, -0.2) is 13.4 Å². The van der Waals surface area contributed by atoms with Crippen LogP contribution >= 0.6 is 0 Å². The number of aromatic nitrogens is 1. The van der Waals surface area contributed by atoms with Crippen LogP contribution in [0.5, 0.6) is 0 Å². The Bertz CT molecular complexity index is 1050. The molecule has 8 heteroatoms. The lowest BCUT2D eigenvalue weighted by molar-refractivity contribution is -0.129. The number of likely N-dealkylation sites (tertiary alicyclic amines) is 1. The van der Waals surface area contributed by atoms with Gasteiger partial charge in [-0.3, -0.25) is 4.79 Å². The first-order valence-electron chi connectivity index (χ1n) is 10.1. The molecule has 1 amide bonds. The highest BCUT2D eigenvalue weighted by Gasteiger charge is 2.42.